The Kier molecular flexibility index (Phi) is 3.19. The van der Waals surface area contributed by atoms with Crippen molar-refractivity contribution in [3.05, 3.63) is 0 Å². The van der Waals surface area contributed by atoms with Crippen LogP contribution in [0.5, 0.6) is 0 Å². The molecule has 13 heavy (non-hydrogen) atoms. The molecule has 0 aliphatic carbocycles. The molecule has 0 aromatic rings. The van der Waals surface area contributed by atoms with Gasteiger partial charge in [-0.2, -0.15) is 0 Å². The molecule has 3 heteroatoms. The Labute approximate surface area is 80.9 Å². The molecule has 0 bridgehead atoms. The quantitative estimate of drug-likeness (QED) is 0.639. The third-order valence-corrected chi connectivity index (χ3v) is 3.16. The van der Waals surface area contributed by atoms with Crippen molar-refractivity contribution in [1.82, 2.24) is 15.5 Å². The Morgan fingerprint density at radius 2 is 2.31 bits per heavy atom. The molecule has 76 valence electrons. The van der Waals surface area contributed by atoms with Crippen LogP contribution in [-0.4, -0.2) is 50.7 Å². The minimum absolute atomic E-state index is 0.770. The van der Waals surface area contributed by atoms with E-state index in [1.165, 1.54) is 45.6 Å². The lowest BCUT2D eigenvalue weighted by Crippen LogP contribution is -2.57. The second-order valence-electron chi connectivity index (χ2n) is 4.54. The van der Waals surface area contributed by atoms with Gasteiger partial charge in [0, 0.05) is 19.1 Å². The maximum Gasteiger partial charge on any atom is 0.0322 e. The van der Waals surface area contributed by atoms with E-state index >= 15 is 0 Å². The van der Waals surface area contributed by atoms with Crippen LogP contribution in [0.25, 0.3) is 0 Å². The molecule has 0 amide bonds. The van der Waals surface area contributed by atoms with Crippen molar-refractivity contribution in [3.63, 3.8) is 0 Å². The van der Waals surface area contributed by atoms with Crippen LogP contribution in [0, 0.1) is 5.92 Å². The Bertz CT molecular complexity index is 148. The predicted octanol–water partition coefficient (Wildman–Crippen LogP) is -0.110. The summed E-state index contributed by atoms with van der Waals surface area (Å²) in [5.74, 6) is 0.875. The number of nitrogens with zero attached hydrogens (tertiary/aromatic N) is 1. The van der Waals surface area contributed by atoms with Crippen LogP contribution >= 0.6 is 0 Å². The first-order valence-corrected chi connectivity index (χ1v) is 5.47. The highest BCUT2D eigenvalue weighted by Crippen LogP contribution is 2.10. The van der Waals surface area contributed by atoms with E-state index in [9.17, 15) is 0 Å². The summed E-state index contributed by atoms with van der Waals surface area (Å²) in [4.78, 5) is 2.36. The molecule has 2 saturated heterocycles. The van der Waals surface area contributed by atoms with E-state index in [1.54, 1.807) is 0 Å². The van der Waals surface area contributed by atoms with Crippen molar-refractivity contribution in [2.45, 2.75) is 18.9 Å². The van der Waals surface area contributed by atoms with Gasteiger partial charge in [-0.15, -0.1) is 0 Å². The molecule has 0 aromatic carbocycles. The van der Waals surface area contributed by atoms with E-state index in [0.29, 0.717) is 0 Å². The van der Waals surface area contributed by atoms with Crippen LogP contribution in [-0.2, 0) is 0 Å². The second-order valence-corrected chi connectivity index (χ2v) is 4.54. The first-order chi connectivity index (χ1) is 6.34. The van der Waals surface area contributed by atoms with Crippen molar-refractivity contribution >= 4 is 0 Å². The van der Waals surface area contributed by atoms with Gasteiger partial charge in [0.15, 0.2) is 0 Å². The van der Waals surface area contributed by atoms with Crippen LogP contribution in [0.4, 0.5) is 0 Å². The van der Waals surface area contributed by atoms with Gasteiger partial charge in [0.05, 0.1) is 0 Å². The Morgan fingerprint density at radius 3 is 2.92 bits per heavy atom. The predicted molar refractivity (Wildman–Crippen MR) is 54.9 cm³/mol. The summed E-state index contributed by atoms with van der Waals surface area (Å²) in [5, 5.41) is 7.09. The van der Waals surface area contributed by atoms with Gasteiger partial charge in [0.1, 0.15) is 0 Å². The number of rotatable bonds is 3. The van der Waals surface area contributed by atoms with Crippen LogP contribution in [0.1, 0.15) is 12.8 Å². The molecule has 1 atom stereocenters. The molecule has 2 fully saturated rings. The SMILES string of the molecule is CN1CC(NCC2CCCNC2)C1. The summed E-state index contributed by atoms with van der Waals surface area (Å²) in [6.45, 7) is 6.13. The highest BCUT2D eigenvalue weighted by atomic mass is 15.2. The summed E-state index contributed by atoms with van der Waals surface area (Å²) in [6, 6.07) is 0.770. The standard InChI is InChI=1S/C10H21N3/c1-13-7-10(8-13)12-6-9-3-2-4-11-5-9/h9-12H,2-8H2,1H3. The number of piperidine rings is 1. The van der Waals surface area contributed by atoms with Crippen LogP contribution in [0.3, 0.4) is 0 Å². The molecule has 0 spiro atoms. The molecule has 2 aliphatic heterocycles. The summed E-state index contributed by atoms with van der Waals surface area (Å²) >= 11 is 0. The average Bonchev–Trinajstić information content (AvgIpc) is 2.12. The zero-order valence-electron chi connectivity index (χ0n) is 8.55. The fourth-order valence-corrected chi connectivity index (χ4v) is 2.26. The lowest BCUT2D eigenvalue weighted by molar-refractivity contribution is 0.155. The molecule has 2 heterocycles. The maximum atomic E-state index is 3.64. The normalized spacial score (nSPS) is 31.6. The molecule has 3 nitrogen and oxygen atoms in total. The molecular formula is C10H21N3. The van der Waals surface area contributed by atoms with E-state index in [-0.39, 0.29) is 0 Å². The van der Waals surface area contributed by atoms with Gasteiger partial charge in [-0.1, -0.05) is 0 Å². The Morgan fingerprint density at radius 1 is 1.46 bits per heavy atom. The highest BCUT2D eigenvalue weighted by molar-refractivity contribution is 4.84. The third-order valence-electron chi connectivity index (χ3n) is 3.16. The fourth-order valence-electron chi connectivity index (χ4n) is 2.26. The molecule has 2 rings (SSSR count). The van der Waals surface area contributed by atoms with E-state index in [2.05, 4.69) is 22.6 Å². The minimum atomic E-state index is 0.770. The number of nitrogens with one attached hydrogen (secondary N) is 2. The van der Waals surface area contributed by atoms with Gasteiger partial charge < -0.3 is 15.5 Å². The summed E-state index contributed by atoms with van der Waals surface area (Å²) < 4.78 is 0. The van der Waals surface area contributed by atoms with Crippen molar-refractivity contribution in [1.29, 1.82) is 0 Å². The van der Waals surface area contributed by atoms with Gasteiger partial charge in [-0.25, -0.2) is 0 Å². The average molecular weight is 183 g/mol. The van der Waals surface area contributed by atoms with Crippen LogP contribution in [0.15, 0.2) is 0 Å². The van der Waals surface area contributed by atoms with Gasteiger partial charge in [0.25, 0.3) is 0 Å². The Hall–Kier alpha value is -0.120. The minimum Gasteiger partial charge on any atom is -0.316 e. The number of hydrogen-bond acceptors (Lipinski definition) is 3. The van der Waals surface area contributed by atoms with E-state index < -0.39 is 0 Å². The fraction of sp³-hybridized carbons (Fsp3) is 1.00. The Balaban J connectivity index is 1.56. The first-order valence-electron chi connectivity index (χ1n) is 5.47. The van der Waals surface area contributed by atoms with Crippen molar-refractivity contribution in [3.8, 4) is 0 Å². The van der Waals surface area contributed by atoms with Gasteiger partial charge in [-0.3, -0.25) is 0 Å². The zero-order valence-corrected chi connectivity index (χ0v) is 8.55. The van der Waals surface area contributed by atoms with E-state index in [4.69, 9.17) is 0 Å². The number of hydrogen-bond donors (Lipinski definition) is 2. The molecule has 1 unspecified atom stereocenters. The highest BCUT2D eigenvalue weighted by Gasteiger charge is 2.23. The van der Waals surface area contributed by atoms with Crippen LogP contribution in [0.2, 0.25) is 0 Å². The summed E-state index contributed by atoms with van der Waals surface area (Å²) in [5.41, 5.74) is 0. The molecule has 0 saturated carbocycles. The van der Waals surface area contributed by atoms with E-state index in [0.717, 1.165) is 12.0 Å². The lowest BCUT2D eigenvalue weighted by Gasteiger charge is -2.38. The molecule has 0 radical (unpaired) electrons. The van der Waals surface area contributed by atoms with Crippen molar-refractivity contribution < 1.29 is 0 Å². The molecule has 0 aromatic heterocycles. The zero-order chi connectivity index (χ0) is 9.10. The lowest BCUT2D eigenvalue weighted by atomic mass is 9.99. The first kappa shape index (κ1) is 9.44. The van der Waals surface area contributed by atoms with Gasteiger partial charge in [-0.05, 0) is 45.4 Å². The van der Waals surface area contributed by atoms with Gasteiger partial charge >= 0.3 is 0 Å². The number of likely N-dealkylation sites (N-methyl/N-ethyl adjacent to an activating group) is 1. The summed E-state index contributed by atoms with van der Waals surface area (Å²) in [6.07, 6.45) is 2.76. The molecular weight excluding hydrogens is 162 g/mol. The van der Waals surface area contributed by atoms with Crippen LogP contribution < -0.4 is 10.6 Å². The summed E-state index contributed by atoms with van der Waals surface area (Å²) in [7, 11) is 2.18. The smallest absolute Gasteiger partial charge is 0.0322 e. The topological polar surface area (TPSA) is 27.3 Å². The van der Waals surface area contributed by atoms with E-state index in [1.807, 2.05) is 0 Å². The third kappa shape index (κ3) is 2.66. The molecule has 2 aliphatic rings. The maximum absolute atomic E-state index is 3.64. The second kappa shape index (κ2) is 4.40. The van der Waals surface area contributed by atoms with Crippen molar-refractivity contribution in [2.24, 2.45) is 5.92 Å². The monoisotopic (exact) mass is 183 g/mol. The largest absolute Gasteiger partial charge is 0.316 e. The molecule has 2 N–H and O–H groups in total. The van der Waals surface area contributed by atoms with Crippen molar-refractivity contribution in [2.75, 3.05) is 39.8 Å². The number of likely N-dealkylation sites (tertiary alicyclic amines) is 1. The van der Waals surface area contributed by atoms with Gasteiger partial charge in [0.2, 0.25) is 0 Å².